The van der Waals surface area contributed by atoms with Crippen LogP contribution in [0.5, 0.6) is 0 Å². The minimum absolute atomic E-state index is 0.0112. The predicted molar refractivity (Wildman–Crippen MR) is 120 cm³/mol. The van der Waals surface area contributed by atoms with Gasteiger partial charge in [-0.15, -0.1) is 28.1 Å². The van der Waals surface area contributed by atoms with Crippen molar-refractivity contribution in [3.63, 3.8) is 0 Å². The lowest BCUT2D eigenvalue weighted by molar-refractivity contribution is -0.384. The molecular weight excluding hydrogens is 446 g/mol. The smallest absolute Gasteiger partial charge is 0.289 e. The van der Waals surface area contributed by atoms with Gasteiger partial charge in [0.05, 0.1) is 10.7 Å². The molecule has 0 aliphatic rings. The van der Waals surface area contributed by atoms with E-state index in [1.54, 1.807) is 17.4 Å². The van der Waals surface area contributed by atoms with Crippen LogP contribution in [-0.2, 0) is 17.8 Å². The normalized spacial score (nSPS) is 10.7. The summed E-state index contributed by atoms with van der Waals surface area (Å²) in [5.41, 5.74) is 1.02. The summed E-state index contributed by atoms with van der Waals surface area (Å²) in [6, 6.07) is 6.20. The first-order chi connectivity index (χ1) is 14.4. The summed E-state index contributed by atoms with van der Waals surface area (Å²) in [4.78, 5) is 24.0. The zero-order chi connectivity index (χ0) is 21.7. The fraction of sp³-hybridized carbons (Fsp3) is 0.211. The number of rotatable bonds is 9. The standard InChI is InChI=1S/C19H18ClN5O3S2/c1-3-7-24-18(12-8-14(4-2)29-10-12)22-23-19(24)30-11-17(26)21-13-5-6-15(20)16(9-13)25(27)28/h3,5-6,8-10H,1,4,7,11H2,2H3,(H,21,26). The number of nitrogens with zero attached hydrogens (tertiary/aromatic N) is 4. The van der Waals surface area contributed by atoms with Crippen LogP contribution in [-0.4, -0.2) is 31.3 Å². The maximum absolute atomic E-state index is 12.3. The number of nitro benzene ring substituents is 1. The Bertz CT molecular complexity index is 1100. The van der Waals surface area contributed by atoms with E-state index in [2.05, 4.69) is 35.1 Å². The lowest BCUT2D eigenvalue weighted by Gasteiger charge is -2.08. The van der Waals surface area contributed by atoms with Crippen LogP contribution in [0, 0.1) is 10.1 Å². The topological polar surface area (TPSA) is 103 Å². The molecule has 1 aromatic carbocycles. The molecule has 0 saturated carbocycles. The van der Waals surface area contributed by atoms with Crippen LogP contribution in [0.15, 0.2) is 47.5 Å². The summed E-state index contributed by atoms with van der Waals surface area (Å²) in [6.07, 6.45) is 2.70. The van der Waals surface area contributed by atoms with Crippen molar-refractivity contribution in [1.82, 2.24) is 14.8 Å². The first-order valence-corrected chi connectivity index (χ1v) is 11.2. The van der Waals surface area contributed by atoms with Gasteiger partial charge in [-0.1, -0.05) is 36.4 Å². The highest BCUT2D eigenvalue weighted by molar-refractivity contribution is 7.99. The molecule has 3 rings (SSSR count). The van der Waals surface area contributed by atoms with E-state index in [4.69, 9.17) is 11.6 Å². The molecule has 0 unspecified atom stereocenters. The first kappa shape index (κ1) is 22.0. The Balaban J connectivity index is 1.71. The van der Waals surface area contributed by atoms with Gasteiger partial charge in [0.2, 0.25) is 5.91 Å². The Morgan fingerprint density at radius 1 is 1.43 bits per heavy atom. The Morgan fingerprint density at radius 2 is 2.23 bits per heavy atom. The number of hydrogen-bond donors (Lipinski definition) is 1. The summed E-state index contributed by atoms with van der Waals surface area (Å²) >= 11 is 8.69. The van der Waals surface area contributed by atoms with E-state index >= 15 is 0 Å². The van der Waals surface area contributed by atoms with Gasteiger partial charge in [0.25, 0.3) is 5.69 Å². The quantitative estimate of drug-likeness (QED) is 0.206. The van der Waals surface area contributed by atoms with Crippen LogP contribution in [0.1, 0.15) is 11.8 Å². The van der Waals surface area contributed by atoms with Gasteiger partial charge in [0.15, 0.2) is 11.0 Å². The number of allylic oxidation sites excluding steroid dienone is 1. The molecule has 3 aromatic rings. The third-order valence-corrected chi connectivity index (χ3v) is 6.42. The molecule has 0 aliphatic heterocycles. The molecule has 2 heterocycles. The monoisotopic (exact) mass is 463 g/mol. The third-order valence-electron chi connectivity index (χ3n) is 4.05. The number of nitrogens with one attached hydrogen (secondary N) is 1. The van der Waals surface area contributed by atoms with Gasteiger partial charge >= 0.3 is 0 Å². The summed E-state index contributed by atoms with van der Waals surface area (Å²) in [7, 11) is 0. The van der Waals surface area contributed by atoms with E-state index in [0.29, 0.717) is 17.4 Å². The number of amides is 1. The van der Waals surface area contributed by atoms with Gasteiger partial charge < -0.3 is 5.32 Å². The maximum atomic E-state index is 12.3. The molecule has 11 heteroatoms. The highest BCUT2D eigenvalue weighted by atomic mass is 35.5. The molecule has 0 radical (unpaired) electrons. The summed E-state index contributed by atoms with van der Waals surface area (Å²) in [5.74, 6) is 0.465. The van der Waals surface area contributed by atoms with Crippen molar-refractivity contribution in [3.8, 4) is 11.4 Å². The number of aryl methyl sites for hydroxylation is 1. The van der Waals surface area contributed by atoms with Gasteiger partial charge in [-0.05, 0) is 24.6 Å². The molecule has 0 fully saturated rings. The van der Waals surface area contributed by atoms with E-state index in [1.807, 2.05) is 9.95 Å². The number of anilines is 1. The van der Waals surface area contributed by atoms with Gasteiger partial charge in [0, 0.05) is 34.1 Å². The van der Waals surface area contributed by atoms with Crippen LogP contribution in [0.2, 0.25) is 5.02 Å². The van der Waals surface area contributed by atoms with Crippen molar-refractivity contribution < 1.29 is 9.72 Å². The number of thioether (sulfide) groups is 1. The molecule has 0 spiro atoms. The fourth-order valence-corrected chi connectivity index (χ4v) is 4.39. The third kappa shape index (κ3) is 5.07. The Morgan fingerprint density at radius 3 is 2.90 bits per heavy atom. The highest BCUT2D eigenvalue weighted by Crippen LogP contribution is 2.29. The average Bonchev–Trinajstić information content (AvgIpc) is 3.34. The van der Waals surface area contributed by atoms with Gasteiger partial charge in [-0.2, -0.15) is 0 Å². The summed E-state index contributed by atoms with van der Waals surface area (Å²) < 4.78 is 1.90. The summed E-state index contributed by atoms with van der Waals surface area (Å²) in [5, 5.41) is 24.8. The lowest BCUT2D eigenvalue weighted by atomic mass is 10.2. The second-order valence-corrected chi connectivity index (χ2v) is 8.47. The van der Waals surface area contributed by atoms with Crippen LogP contribution in [0.25, 0.3) is 11.4 Å². The number of thiophene rings is 1. The van der Waals surface area contributed by atoms with Crippen molar-refractivity contribution in [2.45, 2.75) is 25.0 Å². The zero-order valence-corrected chi connectivity index (χ0v) is 18.4. The van der Waals surface area contributed by atoms with E-state index in [0.717, 1.165) is 17.8 Å². The molecule has 8 nitrogen and oxygen atoms in total. The Hall–Kier alpha value is -2.69. The number of benzene rings is 1. The van der Waals surface area contributed by atoms with Crippen LogP contribution < -0.4 is 5.32 Å². The van der Waals surface area contributed by atoms with E-state index in [9.17, 15) is 14.9 Å². The minimum atomic E-state index is -0.597. The molecule has 30 heavy (non-hydrogen) atoms. The molecule has 0 saturated heterocycles. The first-order valence-electron chi connectivity index (χ1n) is 8.91. The van der Waals surface area contributed by atoms with Gasteiger partial charge in [-0.25, -0.2) is 0 Å². The lowest BCUT2D eigenvalue weighted by Crippen LogP contribution is -2.14. The number of carbonyl (C=O) groups excluding carboxylic acids is 1. The maximum Gasteiger partial charge on any atom is 0.289 e. The highest BCUT2D eigenvalue weighted by Gasteiger charge is 2.17. The van der Waals surface area contributed by atoms with Gasteiger partial charge in [0.1, 0.15) is 5.02 Å². The SMILES string of the molecule is C=CCn1c(SCC(=O)Nc2ccc(Cl)c([N+](=O)[O-])c2)nnc1-c1csc(CC)c1. The molecular formula is C19H18ClN5O3S2. The molecule has 1 N–H and O–H groups in total. The predicted octanol–water partition coefficient (Wildman–Crippen LogP) is 5.05. The van der Waals surface area contributed by atoms with E-state index < -0.39 is 4.92 Å². The largest absolute Gasteiger partial charge is 0.325 e. The fourth-order valence-electron chi connectivity index (χ4n) is 2.64. The molecule has 156 valence electrons. The summed E-state index contributed by atoms with van der Waals surface area (Å²) in [6.45, 7) is 6.39. The molecule has 1 amide bonds. The molecule has 2 aromatic heterocycles. The van der Waals surface area contributed by atoms with Crippen LogP contribution in [0.3, 0.4) is 0 Å². The Labute approximate surface area is 186 Å². The average molecular weight is 464 g/mol. The zero-order valence-electron chi connectivity index (χ0n) is 16.0. The second-order valence-electron chi connectivity index (χ2n) is 6.12. The van der Waals surface area contributed by atoms with Gasteiger partial charge in [-0.3, -0.25) is 19.5 Å². The Kier molecular flexibility index (Phi) is 7.24. The molecule has 0 bridgehead atoms. The van der Waals surface area contributed by atoms with Crippen molar-refractivity contribution in [3.05, 3.63) is 62.3 Å². The van der Waals surface area contributed by atoms with Crippen molar-refractivity contribution in [2.75, 3.05) is 11.1 Å². The van der Waals surface area contributed by atoms with Crippen molar-refractivity contribution >= 4 is 52.0 Å². The number of nitro groups is 1. The van der Waals surface area contributed by atoms with Crippen molar-refractivity contribution in [2.24, 2.45) is 0 Å². The van der Waals surface area contributed by atoms with Crippen LogP contribution in [0.4, 0.5) is 11.4 Å². The number of carbonyl (C=O) groups is 1. The number of hydrogen-bond acceptors (Lipinski definition) is 7. The number of aromatic nitrogens is 3. The van der Waals surface area contributed by atoms with E-state index in [1.165, 1.54) is 34.8 Å². The van der Waals surface area contributed by atoms with Crippen molar-refractivity contribution in [1.29, 1.82) is 0 Å². The van der Waals surface area contributed by atoms with Crippen LogP contribution >= 0.6 is 34.7 Å². The second kappa shape index (κ2) is 9.88. The minimum Gasteiger partial charge on any atom is -0.325 e. The van der Waals surface area contributed by atoms with E-state index in [-0.39, 0.29) is 22.4 Å². The molecule has 0 atom stereocenters. The number of halogens is 1. The molecule has 0 aliphatic carbocycles.